The molecular weight excluding hydrogens is 290 g/mol. The van der Waals surface area contributed by atoms with Gasteiger partial charge in [0.15, 0.2) is 0 Å². The average Bonchev–Trinajstić information content (AvgIpc) is 2.87. The molecule has 4 heteroatoms. The van der Waals surface area contributed by atoms with Crippen molar-refractivity contribution in [3.63, 3.8) is 0 Å². The van der Waals surface area contributed by atoms with Crippen LogP contribution in [0.3, 0.4) is 0 Å². The second-order valence-corrected chi connectivity index (χ2v) is 6.93. The molecule has 1 atom stereocenters. The monoisotopic (exact) mass is 315 g/mol. The van der Waals surface area contributed by atoms with Gasteiger partial charge in [0.2, 0.25) is 0 Å². The van der Waals surface area contributed by atoms with E-state index in [-0.39, 0.29) is 6.42 Å². The first-order valence-corrected chi connectivity index (χ1v) is 8.45. The topological polar surface area (TPSA) is 62.3 Å². The van der Waals surface area contributed by atoms with E-state index in [0.717, 1.165) is 24.1 Å². The predicted molar refractivity (Wildman–Crippen MR) is 90.7 cm³/mol. The van der Waals surface area contributed by atoms with Gasteiger partial charge in [0.1, 0.15) is 5.60 Å². The fourth-order valence-corrected chi connectivity index (χ4v) is 3.80. The lowest BCUT2D eigenvalue weighted by atomic mass is 9.86. The number of carboxylic acid groups (broad SMARTS) is 1. The third-order valence-electron chi connectivity index (χ3n) is 4.85. The minimum atomic E-state index is -0.819. The molecule has 0 fully saturated rings. The summed E-state index contributed by atoms with van der Waals surface area (Å²) in [6.07, 6.45) is 2.50. The Morgan fingerprint density at radius 2 is 2.22 bits per heavy atom. The number of H-pyrrole nitrogens is 1. The number of carbonyl (C=O) groups is 1. The van der Waals surface area contributed by atoms with E-state index in [1.54, 1.807) is 0 Å². The zero-order valence-corrected chi connectivity index (χ0v) is 14.1. The number of rotatable bonds is 5. The summed E-state index contributed by atoms with van der Waals surface area (Å²) in [5, 5.41) is 10.6. The third kappa shape index (κ3) is 2.76. The molecule has 1 aromatic carbocycles. The summed E-state index contributed by atoms with van der Waals surface area (Å²) in [4.78, 5) is 14.9. The van der Waals surface area contributed by atoms with Gasteiger partial charge in [-0.3, -0.25) is 4.79 Å². The van der Waals surface area contributed by atoms with E-state index in [4.69, 9.17) is 4.74 Å². The van der Waals surface area contributed by atoms with Crippen LogP contribution in [0.5, 0.6) is 0 Å². The molecule has 124 valence electrons. The standard InChI is InChI=1S/C19H25NO3/c1-4-19(11-16(21)22)18-15(8-9-23-19)14-7-5-6-13(10-12(2)3)17(14)20-18/h5-7,12,20H,4,8-11H2,1-3H3,(H,21,22). The number of fused-ring (bicyclic) bond motifs is 3. The summed E-state index contributed by atoms with van der Waals surface area (Å²) < 4.78 is 5.99. The number of aromatic amines is 1. The molecule has 2 N–H and O–H groups in total. The molecule has 0 spiro atoms. The van der Waals surface area contributed by atoms with Crippen LogP contribution in [-0.4, -0.2) is 22.7 Å². The van der Waals surface area contributed by atoms with Crippen LogP contribution in [-0.2, 0) is 28.0 Å². The van der Waals surface area contributed by atoms with Gasteiger partial charge in [-0.25, -0.2) is 0 Å². The van der Waals surface area contributed by atoms with Crippen molar-refractivity contribution in [3.05, 3.63) is 35.0 Å². The molecule has 0 aliphatic carbocycles. The number of hydrogen-bond donors (Lipinski definition) is 2. The van der Waals surface area contributed by atoms with E-state index >= 15 is 0 Å². The van der Waals surface area contributed by atoms with Crippen LogP contribution >= 0.6 is 0 Å². The van der Waals surface area contributed by atoms with E-state index < -0.39 is 11.6 Å². The molecule has 2 heterocycles. The smallest absolute Gasteiger partial charge is 0.306 e. The fourth-order valence-electron chi connectivity index (χ4n) is 3.80. The number of ether oxygens (including phenoxy) is 1. The largest absolute Gasteiger partial charge is 0.481 e. The molecule has 1 aromatic heterocycles. The van der Waals surface area contributed by atoms with E-state index in [0.29, 0.717) is 18.9 Å². The molecule has 4 nitrogen and oxygen atoms in total. The highest BCUT2D eigenvalue weighted by Gasteiger charge is 2.40. The van der Waals surface area contributed by atoms with Crippen LogP contribution in [0.15, 0.2) is 18.2 Å². The van der Waals surface area contributed by atoms with Crippen molar-refractivity contribution in [1.29, 1.82) is 0 Å². The number of hydrogen-bond acceptors (Lipinski definition) is 2. The van der Waals surface area contributed by atoms with Crippen molar-refractivity contribution >= 4 is 16.9 Å². The number of carboxylic acids is 1. The highest BCUT2D eigenvalue weighted by Crippen LogP contribution is 2.42. The maximum absolute atomic E-state index is 11.4. The Morgan fingerprint density at radius 3 is 2.87 bits per heavy atom. The second kappa shape index (κ2) is 6.00. The van der Waals surface area contributed by atoms with Crippen molar-refractivity contribution in [2.45, 2.75) is 52.1 Å². The second-order valence-electron chi connectivity index (χ2n) is 6.93. The first kappa shape index (κ1) is 16.1. The Hall–Kier alpha value is -1.81. The number of aliphatic carboxylic acids is 1. The normalized spacial score (nSPS) is 20.9. The minimum Gasteiger partial charge on any atom is -0.481 e. The predicted octanol–water partition coefficient (Wildman–Crippen LogP) is 4.02. The zero-order chi connectivity index (χ0) is 16.6. The van der Waals surface area contributed by atoms with E-state index in [1.807, 2.05) is 6.92 Å². The molecule has 1 aliphatic heterocycles. The Kier molecular flexibility index (Phi) is 4.19. The SMILES string of the molecule is CCC1(CC(=O)O)OCCc2c1[nH]c1c(CC(C)C)cccc21. The van der Waals surface area contributed by atoms with Gasteiger partial charge < -0.3 is 14.8 Å². The quantitative estimate of drug-likeness (QED) is 0.876. The van der Waals surface area contributed by atoms with Crippen molar-refractivity contribution in [2.24, 2.45) is 5.92 Å². The van der Waals surface area contributed by atoms with Crippen molar-refractivity contribution < 1.29 is 14.6 Å². The van der Waals surface area contributed by atoms with Crippen LogP contribution in [0.2, 0.25) is 0 Å². The first-order chi connectivity index (χ1) is 11.0. The molecule has 1 unspecified atom stereocenters. The molecule has 0 radical (unpaired) electrons. The molecular formula is C19H25NO3. The lowest BCUT2D eigenvalue weighted by Gasteiger charge is -2.35. The number of benzene rings is 1. The van der Waals surface area contributed by atoms with Crippen molar-refractivity contribution in [2.75, 3.05) is 6.61 Å². The van der Waals surface area contributed by atoms with Gasteiger partial charge >= 0.3 is 5.97 Å². The average molecular weight is 315 g/mol. The summed E-state index contributed by atoms with van der Waals surface area (Å²) in [5.74, 6) is -0.243. The fraction of sp³-hybridized carbons (Fsp3) is 0.526. The van der Waals surface area contributed by atoms with Gasteiger partial charge in [-0.15, -0.1) is 0 Å². The maximum Gasteiger partial charge on any atom is 0.306 e. The van der Waals surface area contributed by atoms with Gasteiger partial charge in [0.25, 0.3) is 0 Å². The lowest BCUT2D eigenvalue weighted by molar-refractivity contribution is -0.148. The van der Waals surface area contributed by atoms with Gasteiger partial charge in [0, 0.05) is 10.9 Å². The molecule has 0 saturated heterocycles. The van der Waals surface area contributed by atoms with Crippen molar-refractivity contribution in [3.8, 4) is 0 Å². The molecule has 1 aliphatic rings. The highest BCUT2D eigenvalue weighted by atomic mass is 16.5. The van der Waals surface area contributed by atoms with Gasteiger partial charge in [-0.05, 0) is 36.3 Å². The first-order valence-electron chi connectivity index (χ1n) is 8.45. The van der Waals surface area contributed by atoms with Crippen LogP contribution in [0.1, 0.15) is 50.4 Å². The van der Waals surface area contributed by atoms with Crippen LogP contribution in [0.25, 0.3) is 10.9 Å². The van der Waals surface area contributed by atoms with Crippen LogP contribution < -0.4 is 0 Å². The maximum atomic E-state index is 11.4. The number of nitrogens with one attached hydrogen (secondary N) is 1. The third-order valence-corrected chi connectivity index (χ3v) is 4.85. The van der Waals surface area contributed by atoms with E-state index in [2.05, 4.69) is 37.0 Å². The molecule has 3 rings (SSSR count). The summed E-state index contributed by atoms with van der Waals surface area (Å²) in [5.41, 5.74) is 3.93. The van der Waals surface area contributed by atoms with Gasteiger partial charge in [0.05, 0.1) is 18.7 Å². The van der Waals surface area contributed by atoms with Crippen molar-refractivity contribution in [1.82, 2.24) is 4.98 Å². The van der Waals surface area contributed by atoms with E-state index in [1.165, 1.54) is 16.5 Å². The number of aromatic nitrogens is 1. The van der Waals surface area contributed by atoms with Crippen LogP contribution in [0, 0.1) is 5.92 Å². The zero-order valence-electron chi connectivity index (χ0n) is 14.1. The summed E-state index contributed by atoms with van der Waals surface area (Å²) in [6.45, 7) is 7.01. The molecule has 0 bridgehead atoms. The summed E-state index contributed by atoms with van der Waals surface area (Å²) in [6, 6.07) is 6.41. The van der Waals surface area contributed by atoms with Gasteiger partial charge in [-0.2, -0.15) is 0 Å². The lowest BCUT2D eigenvalue weighted by Crippen LogP contribution is -2.37. The highest BCUT2D eigenvalue weighted by molar-refractivity contribution is 5.88. The number of para-hydroxylation sites is 1. The molecule has 0 amide bonds. The summed E-state index contributed by atoms with van der Waals surface area (Å²) in [7, 11) is 0. The molecule has 0 saturated carbocycles. The molecule has 23 heavy (non-hydrogen) atoms. The Morgan fingerprint density at radius 1 is 1.43 bits per heavy atom. The Labute approximate surface area is 136 Å². The molecule has 2 aromatic rings. The Bertz CT molecular complexity index is 732. The van der Waals surface area contributed by atoms with Gasteiger partial charge in [-0.1, -0.05) is 39.0 Å². The summed E-state index contributed by atoms with van der Waals surface area (Å²) >= 11 is 0. The minimum absolute atomic E-state index is 0.00281. The van der Waals surface area contributed by atoms with E-state index in [9.17, 15) is 9.90 Å². The Balaban J connectivity index is 2.18. The van der Waals surface area contributed by atoms with Crippen LogP contribution in [0.4, 0.5) is 0 Å².